The molecule has 0 radical (unpaired) electrons. The van der Waals surface area contributed by atoms with Gasteiger partial charge in [0.2, 0.25) is 12.7 Å². The Morgan fingerprint density at radius 1 is 1.21 bits per heavy atom. The molecule has 2 N–H and O–H groups in total. The Morgan fingerprint density at radius 3 is 2.71 bits per heavy atom. The van der Waals surface area contributed by atoms with Crippen LogP contribution in [0.3, 0.4) is 0 Å². The number of anilines is 2. The van der Waals surface area contributed by atoms with Crippen LogP contribution in [0.2, 0.25) is 0 Å². The number of ether oxygens (including phenoxy) is 3. The summed E-state index contributed by atoms with van der Waals surface area (Å²) >= 11 is 0.562. The number of carboxylic acid groups (broad SMARTS) is 1. The molecule has 13 heteroatoms. The minimum Gasteiger partial charge on any atom is -0.454 e. The topological polar surface area (TPSA) is 106 Å². The zero-order valence-corrected chi connectivity index (χ0v) is 18.4. The Morgan fingerprint density at radius 2 is 1.97 bits per heavy atom. The van der Waals surface area contributed by atoms with Gasteiger partial charge >= 0.3 is 12.3 Å². The Hall–Kier alpha value is -3.48. The van der Waals surface area contributed by atoms with Crippen LogP contribution >= 0.6 is 11.3 Å². The first-order valence-electron chi connectivity index (χ1n) is 10.4. The lowest BCUT2D eigenvalue weighted by atomic mass is 10.1. The molecule has 0 saturated carbocycles. The summed E-state index contributed by atoms with van der Waals surface area (Å²) in [5.74, 6) is 1.81. The molecule has 2 aromatic heterocycles. The minimum atomic E-state index is -4.49. The smallest absolute Gasteiger partial charge is 0.454 e. The van der Waals surface area contributed by atoms with E-state index in [4.69, 9.17) is 19.3 Å². The number of rotatable bonds is 5. The highest BCUT2D eigenvalue weighted by Crippen LogP contribution is 2.40. The highest BCUT2D eigenvalue weighted by atomic mass is 32.1. The number of nitrogens with one attached hydrogen (secondary N) is 1. The molecule has 0 aliphatic carbocycles. The maximum absolute atomic E-state index is 13.4. The number of nitrogens with zero attached hydrogens (tertiary/aromatic N) is 3. The fourth-order valence-corrected chi connectivity index (χ4v) is 4.77. The average Bonchev–Trinajstić information content (AvgIpc) is 3.44. The van der Waals surface area contributed by atoms with Gasteiger partial charge in [0.1, 0.15) is 21.6 Å². The van der Waals surface area contributed by atoms with Gasteiger partial charge in [-0.15, -0.1) is 11.3 Å². The fraction of sp³-hybridized carbons (Fsp3) is 0.381. The normalized spacial score (nSPS) is 16.1. The summed E-state index contributed by atoms with van der Waals surface area (Å²) in [5, 5.41) is 12.2. The van der Waals surface area contributed by atoms with Crippen LogP contribution in [0, 0.1) is 0 Å². The quantitative estimate of drug-likeness (QED) is 0.486. The molecule has 1 aromatic carbocycles. The molecule has 180 valence electrons. The molecular weight excluding hydrogens is 477 g/mol. The number of benzene rings is 1. The molecule has 5 rings (SSSR count). The first-order valence-corrected chi connectivity index (χ1v) is 11.2. The number of aromatic nitrogens is 2. The zero-order valence-electron chi connectivity index (χ0n) is 17.6. The van der Waals surface area contributed by atoms with Gasteiger partial charge in [-0.2, -0.15) is 18.2 Å². The summed E-state index contributed by atoms with van der Waals surface area (Å²) in [6, 6.07) is 6.47. The van der Waals surface area contributed by atoms with Crippen molar-refractivity contribution in [3.8, 4) is 11.5 Å². The Labute approximate surface area is 195 Å². The van der Waals surface area contributed by atoms with Crippen molar-refractivity contribution in [2.24, 2.45) is 0 Å². The van der Waals surface area contributed by atoms with Crippen LogP contribution in [0.15, 0.2) is 24.3 Å². The lowest BCUT2D eigenvalue weighted by Gasteiger charge is -2.31. The lowest BCUT2D eigenvalue weighted by molar-refractivity contribution is -0.134. The molecule has 1 fully saturated rings. The summed E-state index contributed by atoms with van der Waals surface area (Å²) in [6.45, 7) is 1.28. The van der Waals surface area contributed by atoms with Crippen LogP contribution in [-0.2, 0) is 17.5 Å². The molecule has 0 amide bonds. The molecule has 2 aliphatic heterocycles. The third kappa shape index (κ3) is 4.60. The van der Waals surface area contributed by atoms with Crippen molar-refractivity contribution < 1.29 is 37.3 Å². The van der Waals surface area contributed by atoms with E-state index in [1.165, 1.54) is 0 Å². The standard InChI is InChI=1S/C21H19F3N4O5S/c22-21(23,24)16-8-13-17(25-9-11-1-2-14-15(7-11)32-10-31-14)26-19(27-18(13)34-16)28-5-3-12(4-6-28)33-20(29)30/h1-2,7-8,12H,3-6,9-10H2,(H,29,30)(H,25,26,27). The van der Waals surface area contributed by atoms with Crippen molar-refractivity contribution in [3.63, 3.8) is 0 Å². The number of hydrogen-bond donors (Lipinski definition) is 2. The molecule has 4 heterocycles. The molecule has 34 heavy (non-hydrogen) atoms. The van der Waals surface area contributed by atoms with Gasteiger partial charge in [0, 0.05) is 32.5 Å². The van der Waals surface area contributed by atoms with Crippen LogP contribution in [0.25, 0.3) is 10.2 Å². The first kappa shape index (κ1) is 22.3. The third-order valence-electron chi connectivity index (χ3n) is 5.55. The predicted molar refractivity (Wildman–Crippen MR) is 117 cm³/mol. The molecule has 0 unspecified atom stereocenters. The van der Waals surface area contributed by atoms with Gasteiger partial charge in [0.15, 0.2) is 11.5 Å². The van der Waals surface area contributed by atoms with E-state index in [-0.39, 0.29) is 28.8 Å². The number of carbonyl (C=O) groups is 1. The van der Waals surface area contributed by atoms with Crippen molar-refractivity contribution in [1.82, 2.24) is 9.97 Å². The monoisotopic (exact) mass is 496 g/mol. The first-order chi connectivity index (χ1) is 16.3. The van der Waals surface area contributed by atoms with Crippen molar-refractivity contribution in [2.75, 3.05) is 30.1 Å². The van der Waals surface area contributed by atoms with Crippen molar-refractivity contribution >= 4 is 39.5 Å². The minimum absolute atomic E-state index is 0.144. The maximum Gasteiger partial charge on any atom is 0.506 e. The molecule has 3 aromatic rings. The van der Waals surface area contributed by atoms with E-state index in [1.807, 2.05) is 11.0 Å². The van der Waals surface area contributed by atoms with Crippen molar-refractivity contribution in [1.29, 1.82) is 0 Å². The van der Waals surface area contributed by atoms with Crippen LogP contribution in [0.5, 0.6) is 11.5 Å². The highest BCUT2D eigenvalue weighted by Gasteiger charge is 2.34. The summed E-state index contributed by atoms with van der Waals surface area (Å²) in [5.41, 5.74) is 0.843. The van der Waals surface area contributed by atoms with Gasteiger partial charge in [-0.25, -0.2) is 9.78 Å². The van der Waals surface area contributed by atoms with E-state index >= 15 is 0 Å². The van der Waals surface area contributed by atoms with Gasteiger partial charge in [-0.05, 0) is 23.8 Å². The van der Waals surface area contributed by atoms with Crippen LogP contribution < -0.4 is 19.7 Å². The number of halogens is 3. The highest BCUT2D eigenvalue weighted by molar-refractivity contribution is 7.18. The summed E-state index contributed by atoms with van der Waals surface area (Å²) in [6.07, 6.45) is -5.38. The molecule has 2 aliphatic rings. The molecule has 1 saturated heterocycles. The Balaban J connectivity index is 1.42. The van der Waals surface area contributed by atoms with Gasteiger partial charge in [0.05, 0.1) is 5.39 Å². The molecule has 0 bridgehead atoms. The fourth-order valence-electron chi connectivity index (χ4n) is 3.88. The second-order valence-corrected chi connectivity index (χ2v) is 8.84. The molecule has 9 nitrogen and oxygen atoms in total. The van der Waals surface area contributed by atoms with E-state index in [1.54, 1.807) is 12.1 Å². The summed E-state index contributed by atoms with van der Waals surface area (Å²) in [7, 11) is 0. The van der Waals surface area contributed by atoms with Gasteiger partial charge < -0.3 is 29.5 Å². The van der Waals surface area contributed by atoms with Crippen molar-refractivity contribution in [3.05, 3.63) is 34.7 Å². The maximum atomic E-state index is 13.4. The van der Waals surface area contributed by atoms with Gasteiger partial charge in [-0.3, -0.25) is 0 Å². The second kappa shape index (κ2) is 8.70. The SMILES string of the molecule is O=C(O)OC1CCN(c2nc(NCc3ccc4c(c3)OCO4)c3cc(C(F)(F)F)sc3n2)CC1. The number of piperidine rings is 1. The second-order valence-electron chi connectivity index (χ2n) is 7.81. The Bertz CT molecular complexity index is 1230. The summed E-state index contributed by atoms with van der Waals surface area (Å²) in [4.78, 5) is 21.0. The van der Waals surface area contributed by atoms with Crippen LogP contribution in [0.1, 0.15) is 23.3 Å². The molecule has 0 atom stereocenters. The summed E-state index contributed by atoms with van der Waals surface area (Å²) < 4.78 is 55.7. The van der Waals surface area contributed by atoms with E-state index in [0.29, 0.717) is 55.3 Å². The number of fused-ring (bicyclic) bond motifs is 2. The van der Waals surface area contributed by atoms with Crippen molar-refractivity contribution in [2.45, 2.75) is 31.7 Å². The predicted octanol–water partition coefficient (Wildman–Crippen LogP) is 4.71. The van der Waals surface area contributed by atoms with E-state index in [2.05, 4.69) is 15.3 Å². The van der Waals surface area contributed by atoms with Crippen LogP contribution in [-0.4, -0.2) is 47.2 Å². The van der Waals surface area contributed by atoms with E-state index < -0.39 is 23.3 Å². The van der Waals surface area contributed by atoms with Crippen LogP contribution in [0.4, 0.5) is 29.7 Å². The zero-order chi connectivity index (χ0) is 23.9. The Kier molecular flexibility index (Phi) is 5.71. The number of hydrogen-bond acceptors (Lipinski definition) is 9. The largest absolute Gasteiger partial charge is 0.506 e. The third-order valence-corrected chi connectivity index (χ3v) is 6.62. The van der Waals surface area contributed by atoms with Gasteiger partial charge in [0.25, 0.3) is 0 Å². The number of thiophene rings is 1. The molecular formula is C21H19F3N4O5S. The molecule has 0 spiro atoms. The van der Waals surface area contributed by atoms with E-state index in [9.17, 15) is 18.0 Å². The average molecular weight is 496 g/mol. The lowest BCUT2D eigenvalue weighted by Crippen LogP contribution is -2.38. The van der Waals surface area contributed by atoms with E-state index in [0.717, 1.165) is 11.6 Å². The number of alkyl halides is 3. The van der Waals surface area contributed by atoms with Gasteiger partial charge in [-0.1, -0.05) is 6.07 Å².